The number of benzene rings is 1. The predicted molar refractivity (Wildman–Crippen MR) is 150 cm³/mol. The minimum Gasteiger partial charge on any atom is -0.465 e. The summed E-state index contributed by atoms with van der Waals surface area (Å²) in [5.41, 5.74) is 2.75. The summed E-state index contributed by atoms with van der Waals surface area (Å²) >= 11 is 6.17. The molecule has 1 aromatic carbocycles. The van der Waals surface area contributed by atoms with Crippen LogP contribution in [0.25, 0.3) is 0 Å². The fraction of sp³-hybridized carbons (Fsp3) is 0.621. The molecule has 1 saturated carbocycles. The zero-order chi connectivity index (χ0) is 29.0. The lowest BCUT2D eigenvalue weighted by atomic mass is 9.97. The number of carboxylic acid groups (broad SMARTS) is 1. The topological polar surface area (TPSA) is 90.1 Å². The van der Waals surface area contributed by atoms with Crippen LogP contribution in [0.4, 0.5) is 19.3 Å². The summed E-state index contributed by atoms with van der Waals surface area (Å²) in [6.45, 7) is 10.1. The number of likely N-dealkylation sites (tertiary alicyclic amines) is 2. The predicted octanol–water partition coefficient (Wildman–Crippen LogP) is 6.42. The van der Waals surface area contributed by atoms with Crippen molar-refractivity contribution in [1.29, 1.82) is 0 Å². The Morgan fingerprint density at radius 3 is 2.25 bits per heavy atom. The van der Waals surface area contributed by atoms with E-state index in [1.807, 2.05) is 17.9 Å². The van der Waals surface area contributed by atoms with Gasteiger partial charge in [0.25, 0.3) is 5.91 Å². The van der Waals surface area contributed by atoms with E-state index in [-0.39, 0.29) is 18.7 Å². The van der Waals surface area contributed by atoms with Crippen LogP contribution in [0.1, 0.15) is 65.9 Å². The molecule has 3 aliphatic rings. The number of alkyl halides is 2. The number of anilines is 1. The van der Waals surface area contributed by atoms with Crippen LogP contribution in [0.15, 0.2) is 22.7 Å². The van der Waals surface area contributed by atoms with E-state index in [1.165, 1.54) is 4.90 Å². The van der Waals surface area contributed by atoms with Crippen molar-refractivity contribution in [1.82, 2.24) is 15.0 Å². The van der Waals surface area contributed by atoms with Gasteiger partial charge in [0.05, 0.1) is 5.69 Å². The molecule has 2 amide bonds. The Morgan fingerprint density at radius 2 is 1.75 bits per heavy atom. The van der Waals surface area contributed by atoms with Crippen LogP contribution >= 0.6 is 11.6 Å². The molecule has 5 rings (SSSR count). The molecule has 2 aromatic rings. The second kappa shape index (κ2) is 12.9. The van der Waals surface area contributed by atoms with Crippen molar-refractivity contribution in [2.45, 2.75) is 65.2 Å². The highest BCUT2D eigenvalue weighted by Crippen LogP contribution is 2.33. The summed E-state index contributed by atoms with van der Waals surface area (Å²) in [6, 6.07) is 5.33. The molecule has 2 atom stereocenters. The average molecular weight is 581 g/mol. The van der Waals surface area contributed by atoms with Crippen LogP contribution in [-0.2, 0) is 0 Å². The van der Waals surface area contributed by atoms with Gasteiger partial charge in [0, 0.05) is 56.3 Å². The van der Waals surface area contributed by atoms with Gasteiger partial charge in [0.15, 0.2) is 0 Å². The van der Waals surface area contributed by atoms with Crippen LogP contribution in [0.5, 0.6) is 0 Å². The number of aromatic nitrogens is 1. The van der Waals surface area contributed by atoms with Crippen molar-refractivity contribution in [2.75, 3.05) is 44.2 Å². The number of nitrogens with zero attached hydrogens (tertiary/aromatic N) is 4. The number of carbonyl (C=O) groups is 2. The maximum atomic E-state index is 12.9. The Balaban J connectivity index is 0.000000398. The van der Waals surface area contributed by atoms with Gasteiger partial charge in [-0.1, -0.05) is 29.2 Å². The van der Waals surface area contributed by atoms with Crippen molar-refractivity contribution >= 4 is 29.3 Å². The molecular weight excluding hydrogens is 542 g/mol. The first kappa shape index (κ1) is 30.2. The number of carbonyl (C=O) groups excluding carboxylic acids is 1. The average Bonchev–Trinajstić information content (AvgIpc) is 3.56. The van der Waals surface area contributed by atoms with Gasteiger partial charge >= 0.3 is 6.09 Å². The molecule has 3 fully saturated rings. The molecule has 0 bridgehead atoms. The first-order valence-corrected chi connectivity index (χ1v) is 14.4. The smallest absolute Gasteiger partial charge is 0.411 e. The lowest BCUT2D eigenvalue weighted by Gasteiger charge is -2.24. The maximum Gasteiger partial charge on any atom is 0.411 e. The molecule has 0 spiro atoms. The summed E-state index contributed by atoms with van der Waals surface area (Å²) in [4.78, 5) is 30.3. The van der Waals surface area contributed by atoms with Gasteiger partial charge in [-0.15, -0.1) is 0 Å². The van der Waals surface area contributed by atoms with E-state index in [2.05, 4.69) is 10.1 Å². The molecule has 1 aliphatic carbocycles. The van der Waals surface area contributed by atoms with E-state index in [9.17, 15) is 23.5 Å². The highest BCUT2D eigenvalue weighted by molar-refractivity contribution is 6.31. The van der Waals surface area contributed by atoms with E-state index < -0.39 is 12.0 Å². The quantitative estimate of drug-likeness (QED) is 0.424. The van der Waals surface area contributed by atoms with Gasteiger partial charge in [-0.2, -0.15) is 0 Å². The van der Waals surface area contributed by atoms with Crippen molar-refractivity contribution < 1.29 is 28.0 Å². The Kier molecular flexibility index (Phi) is 9.72. The van der Waals surface area contributed by atoms with Gasteiger partial charge in [-0.3, -0.25) is 9.69 Å². The summed E-state index contributed by atoms with van der Waals surface area (Å²) < 4.78 is 29.6. The zero-order valence-corrected chi connectivity index (χ0v) is 24.2. The number of hydrogen-bond donors (Lipinski definition) is 1. The number of aryl methyl sites for hydroxylation is 3. The van der Waals surface area contributed by atoms with Gasteiger partial charge in [-0.05, 0) is 76.1 Å². The molecule has 2 aliphatic heterocycles. The minimum atomic E-state index is -2.32. The molecule has 1 aromatic heterocycles. The van der Waals surface area contributed by atoms with Crippen LogP contribution in [-0.4, -0.2) is 77.3 Å². The van der Waals surface area contributed by atoms with Crippen molar-refractivity contribution in [3.63, 3.8) is 0 Å². The van der Waals surface area contributed by atoms with Crippen LogP contribution in [0, 0.1) is 32.6 Å². The van der Waals surface area contributed by atoms with Crippen LogP contribution in [0.2, 0.25) is 5.02 Å². The SMILES string of the molecule is Cc1ccc(N(CCCN2CC3CN(C(=O)c4c(C)noc4C)CC3C2)C(=O)O)cc1Cl.FC1(F)CCCCC1. The molecule has 1 N–H and O–H groups in total. The molecule has 2 saturated heterocycles. The van der Waals surface area contributed by atoms with Crippen molar-refractivity contribution in [3.8, 4) is 0 Å². The Bertz CT molecular complexity index is 1170. The molecule has 0 radical (unpaired) electrons. The number of hydrogen-bond acceptors (Lipinski definition) is 5. The first-order chi connectivity index (χ1) is 18.9. The summed E-state index contributed by atoms with van der Waals surface area (Å²) in [6.07, 6.45) is 2.42. The normalized spacial score (nSPS) is 22.0. The lowest BCUT2D eigenvalue weighted by molar-refractivity contribution is -0.0337. The molecule has 3 heterocycles. The molecular formula is C29H39ClF2N4O4. The highest BCUT2D eigenvalue weighted by Gasteiger charge is 2.42. The third-order valence-electron chi connectivity index (χ3n) is 8.24. The van der Waals surface area contributed by atoms with Gasteiger partial charge < -0.3 is 19.4 Å². The second-order valence-corrected chi connectivity index (χ2v) is 11.7. The van der Waals surface area contributed by atoms with Gasteiger partial charge in [0.2, 0.25) is 5.92 Å². The van der Waals surface area contributed by atoms with Crippen molar-refractivity contribution in [2.24, 2.45) is 11.8 Å². The zero-order valence-electron chi connectivity index (χ0n) is 23.5. The Labute approximate surface area is 239 Å². The van der Waals surface area contributed by atoms with Gasteiger partial charge in [-0.25, -0.2) is 13.6 Å². The summed E-state index contributed by atoms with van der Waals surface area (Å²) in [5.74, 6) is -0.838. The Hall–Kier alpha value is -2.72. The van der Waals surface area contributed by atoms with E-state index in [4.69, 9.17) is 16.1 Å². The number of halogens is 3. The number of fused-ring (bicyclic) bond motifs is 1. The van der Waals surface area contributed by atoms with E-state index in [0.717, 1.165) is 51.1 Å². The van der Waals surface area contributed by atoms with Crippen LogP contribution < -0.4 is 4.90 Å². The standard InChI is InChI=1S/C23H29ClN4O4.C6H10F2/c1-14-5-6-19(9-20(14)24)28(23(30)31)8-4-7-26-10-17-12-27(13-18(17)11-26)22(29)21-15(2)25-32-16(21)3;7-6(8)4-2-1-3-5-6/h5-6,9,17-18H,4,7-8,10-13H2,1-3H3,(H,30,31);1-5H2. The molecule has 11 heteroatoms. The fourth-order valence-corrected chi connectivity index (χ4v) is 6.17. The summed E-state index contributed by atoms with van der Waals surface area (Å²) in [5, 5.41) is 14.1. The molecule has 8 nitrogen and oxygen atoms in total. The lowest BCUT2D eigenvalue weighted by Crippen LogP contribution is -2.35. The van der Waals surface area contributed by atoms with E-state index in [1.54, 1.807) is 26.0 Å². The monoisotopic (exact) mass is 580 g/mol. The maximum absolute atomic E-state index is 12.9. The van der Waals surface area contributed by atoms with E-state index >= 15 is 0 Å². The van der Waals surface area contributed by atoms with Crippen LogP contribution in [0.3, 0.4) is 0 Å². The largest absolute Gasteiger partial charge is 0.465 e. The minimum absolute atomic E-state index is 0.0102. The van der Waals surface area contributed by atoms with E-state index in [0.29, 0.717) is 58.9 Å². The number of amides is 2. The molecule has 40 heavy (non-hydrogen) atoms. The fourth-order valence-electron chi connectivity index (χ4n) is 5.99. The third kappa shape index (κ3) is 7.32. The molecule has 2 unspecified atom stereocenters. The van der Waals surface area contributed by atoms with Crippen molar-refractivity contribution in [3.05, 3.63) is 45.8 Å². The Morgan fingerprint density at radius 1 is 1.10 bits per heavy atom. The third-order valence-corrected chi connectivity index (χ3v) is 8.64. The second-order valence-electron chi connectivity index (χ2n) is 11.3. The van der Waals surface area contributed by atoms with Gasteiger partial charge in [0.1, 0.15) is 11.3 Å². The molecule has 220 valence electrons. The summed E-state index contributed by atoms with van der Waals surface area (Å²) in [7, 11) is 0. The first-order valence-electron chi connectivity index (χ1n) is 14.0. The number of rotatable bonds is 6. The highest BCUT2D eigenvalue weighted by atomic mass is 35.5.